The minimum atomic E-state index is 0.773. The topological polar surface area (TPSA) is 67.9 Å². The molecule has 0 aliphatic carbocycles. The normalized spacial score (nSPS) is 16.9. The monoisotopic (exact) mass is 263 g/mol. The number of aromatic nitrogens is 3. The Balaban J connectivity index is 2.03. The number of nitrogens with zero attached hydrogens (tertiary/aromatic N) is 4. The molecule has 5 heteroatoms. The fraction of sp³-hybridized carbons (Fsp3) is 0.786. The van der Waals surface area contributed by atoms with Crippen LogP contribution in [0.5, 0.6) is 0 Å². The summed E-state index contributed by atoms with van der Waals surface area (Å²) in [7, 11) is 0. The molecule has 1 aromatic heterocycles. The highest BCUT2D eigenvalue weighted by molar-refractivity contribution is 5.31. The van der Waals surface area contributed by atoms with Crippen LogP contribution in [0.2, 0.25) is 0 Å². The smallest absolute Gasteiger partial charge is 0.245 e. The van der Waals surface area contributed by atoms with Crippen LogP contribution in [0.1, 0.15) is 44.5 Å². The summed E-state index contributed by atoms with van der Waals surface area (Å²) in [5.74, 6) is 1.58. The van der Waals surface area contributed by atoms with Crippen molar-refractivity contribution >= 4 is 5.95 Å². The van der Waals surface area contributed by atoms with E-state index >= 15 is 0 Å². The summed E-state index contributed by atoms with van der Waals surface area (Å²) >= 11 is 0. The van der Waals surface area contributed by atoms with Gasteiger partial charge in [-0.05, 0) is 44.6 Å². The van der Waals surface area contributed by atoms with Gasteiger partial charge in [-0.3, -0.25) is 0 Å². The number of aryl methyl sites for hydroxylation is 2. The Morgan fingerprint density at radius 3 is 2.37 bits per heavy atom. The minimum absolute atomic E-state index is 0.773. The Hall–Kier alpha value is -1.23. The molecule has 1 saturated heterocycles. The van der Waals surface area contributed by atoms with Crippen molar-refractivity contribution in [2.24, 2.45) is 11.7 Å². The first kappa shape index (κ1) is 14.2. The number of anilines is 1. The second kappa shape index (κ2) is 6.80. The van der Waals surface area contributed by atoms with Gasteiger partial charge in [0, 0.05) is 13.1 Å². The number of hydrogen-bond acceptors (Lipinski definition) is 5. The van der Waals surface area contributed by atoms with Gasteiger partial charge in [-0.1, -0.05) is 13.8 Å². The highest BCUT2D eigenvalue weighted by atomic mass is 15.3. The van der Waals surface area contributed by atoms with Crippen LogP contribution in [0, 0.1) is 5.92 Å². The second-order valence-electron chi connectivity index (χ2n) is 5.22. The Morgan fingerprint density at radius 2 is 1.79 bits per heavy atom. The van der Waals surface area contributed by atoms with Gasteiger partial charge in [-0.15, -0.1) is 5.10 Å². The summed E-state index contributed by atoms with van der Waals surface area (Å²) in [6.45, 7) is 7.08. The van der Waals surface area contributed by atoms with Gasteiger partial charge < -0.3 is 10.6 Å². The zero-order valence-electron chi connectivity index (χ0n) is 12.1. The molecule has 1 fully saturated rings. The first-order chi connectivity index (χ1) is 9.28. The van der Waals surface area contributed by atoms with Crippen molar-refractivity contribution in [1.29, 1.82) is 0 Å². The Labute approximate surface area is 115 Å². The third-order valence-corrected chi connectivity index (χ3v) is 3.97. The quantitative estimate of drug-likeness (QED) is 0.873. The summed E-state index contributed by atoms with van der Waals surface area (Å²) in [6.07, 6.45) is 5.36. The van der Waals surface area contributed by atoms with Gasteiger partial charge in [0.2, 0.25) is 5.95 Å². The predicted octanol–water partition coefficient (Wildman–Crippen LogP) is 1.56. The first-order valence-corrected chi connectivity index (χ1v) is 7.45. The maximum atomic E-state index is 5.63. The SMILES string of the molecule is CCc1nnc(N2CCC(CCN)CC2)nc1CC. The van der Waals surface area contributed by atoms with Crippen LogP contribution in [-0.4, -0.2) is 34.8 Å². The van der Waals surface area contributed by atoms with E-state index in [0.717, 1.165) is 62.2 Å². The van der Waals surface area contributed by atoms with Crippen LogP contribution in [0.3, 0.4) is 0 Å². The average molecular weight is 263 g/mol. The van der Waals surface area contributed by atoms with Crippen molar-refractivity contribution in [1.82, 2.24) is 15.2 Å². The molecular formula is C14H25N5. The molecule has 19 heavy (non-hydrogen) atoms. The van der Waals surface area contributed by atoms with Crippen molar-refractivity contribution in [3.8, 4) is 0 Å². The van der Waals surface area contributed by atoms with Crippen molar-refractivity contribution in [3.05, 3.63) is 11.4 Å². The van der Waals surface area contributed by atoms with Crippen LogP contribution < -0.4 is 10.6 Å². The van der Waals surface area contributed by atoms with E-state index in [1.807, 2.05) is 0 Å². The molecule has 0 aromatic carbocycles. The van der Waals surface area contributed by atoms with Gasteiger partial charge in [0.1, 0.15) is 0 Å². The predicted molar refractivity (Wildman–Crippen MR) is 77.2 cm³/mol. The van der Waals surface area contributed by atoms with E-state index in [9.17, 15) is 0 Å². The molecule has 106 valence electrons. The molecular weight excluding hydrogens is 238 g/mol. The molecule has 0 spiro atoms. The molecule has 1 aliphatic rings. The van der Waals surface area contributed by atoms with Crippen LogP contribution in [0.4, 0.5) is 5.95 Å². The molecule has 1 aliphatic heterocycles. The fourth-order valence-electron chi connectivity index (χ4n) is 2.72. The lowest BCUT2D eigenvalue weighted by Gasteiger charge is -2.31. The maximum Gasteiger partial charge on any atom is 0.245 e. The summed E-state index contributed by atoms with van der Waals surface area (Å²) < 4.78 is 0. The van der Waals surface area contributed by atoms with Gasteiger partial charge in [0.25, 0.3) is 0 Å². The van der Waals surface area contributed by atoms with Crippen molar-refractivity contribution in [2.45, 2.75) is 46.0 Å². The van der Waals surface area contributed by atoms with Crippen molar-refractivity contribution < 1.29 is 0 Å². The van der Waals surface area contributed by atoms with Crippen molar-refractivity contribution in [2.75, 3.05) is 24.5 Å². The first-order valence-electron chi connectivity index (χ1n) is 7.45. The summed E-state index contributed by atoms with van der Waals surface area (Å²) in [6, 6.07) is 0. The zero-order valence-corrected chi connectivity index (χ0v) is 12.1. The highest BCUT2D eigenvalue weighted by Crippen LogP contribution is 2.22. The van der Waals surface area contributed by atoms with Gasteiger partial charge >= 0.3 is 0 Å². The molecule has 2 rings (SSSR count). The van der Waals surface area contributed by atoms with E-state index in [4.69, 9.17) is 5.73 Å². The number of rotatable bonds is 5. The lowest BCUT2D eigenvalue weighted by Crippen LogP contribution is -2.36. The van der Waals surface area contributed by atoms with E-state index in [1.165, 1.54) is 12.8 Å². The highest BCUT2D eigenvalue weighted by Gasteiger charge is 2.21. The Morgan fingerprint density at radius 1 is 1.11 bits per heavy atom. The Kier molecular flexibility index (Phi) is 5.07. The van der Waals surface area contributed by atoms with E-state index in [0.29, 0.717) is 0 Å². The van der Waals surface area contributed by atoms with Crippen LogP contribution >= 0.6 is 0 Å². The number of nitrogens with two attached hydrogens (primary N) is 1. The van der Waals surface area contributed by atoms with Gasteiger partial charge in [0.05, 0.1) is 11.4 Å². The largest absolute Gasteiger partial charge is 0.340 e. The summed E-state index contributed by atoms with van der Waals surface area (Å²) in [5.41, 5.74) is 7.75. The van der Waals surface area contributed by atoms with Gasteiger partial charge in [0.15, 0.2) is 0 Å². The standard InChI is InChI=1S/C14H25N5/c1-3-12-13(4-2)17-18-14(16-12)19-9-6-11(5-8-15)7-10-19/h11H,3-10,15H2,1-2H3. The Bertz CT molecular complexity index is 399. The molecule has 1 aromatic rings. The third-order valence-electron chi connectivity index (χ3n) is 3.97. The second-order valence-corrected chi connectivity index (χ2v) is 5.22. The molecule has 0 radical (unpaired) electrons. The fourth-order valence-corrected chi connectivity index (χ4v) is 2.72. The lowest BCUT2D eigenvalue weighted by atomic mass is 9.94. The number of piperidine rings is 1. The van der Waals surface area contributed by atoms with Gasteiger partial charge in [-0.25, -0.2) is 4.98 Å². The van der Waals surface area contributed by atoms with Crippen LogP contribution in [0.15, 0.2) is 0 Å². The van der Waals surface area contributed by atoms with E-state index < -0.39 is 0 Å². The molecule has 0 amide bonds. The van der Waals surface area contributed by atoms with E-state index in [1.54, 1.807) is 0 Å². The minimum Gasteiger partial charge on any atom is -0.340 e. The summed E-state index contributed by atoms with van der Waals surface area (Å²) in [4.78, 5) is 6.95. The molecule has 0 atom stereocenters. The van der Waals surface area contributed by atoms with Crippen LogP contribution in [0.25, 0.3) is 0 Å². The molecule has 2 N–H and O–H groups in total. The third kappa shape index (κ3) is 3.41. The lowest BCUT2D eigenvalue weighted by molar-refractivity contribution is 0.383. The number of hydrogen-bond donors (Lipinski definition) is 1. The van der Waals surface area contributed by atoms with E-state index in [2.05, 4.69) is 33.9 Å². The molecule has 0 saturated carbocycles. The average Bonchev–Trinajstić information content (AvgIpc) is 2.47. The van der Waals surface area contributed by atoms with E-state index in [-0.39, 0.29) is 0 Å². The molecule has 0 unspecified atom stereocenters. The van der Waals surface area contributed by atoms with Crippen molar-refractivity contribution in [3.63, 3.8) is 0 Å². The summed E-state index contributed by atoms with van der Waals surface area (Å²) in [5, 5.41) is 8.62. The zero-order chi connectivity index (χ0) is 13.7. The molecule has 2 heterocycles. The van der Waals surface area contributed by atoms with Crippen LogP contribution in [-0.2, 0) is 12.8 Å². The maximum absolute atomic E-state index is 5.63. The van der Waals surface area contributed by atoms with Gasteiger partial charge in [-0.2, -0.15) is 5.10 Å². The molecule has 5 nitrogen and oxygen atoms in total. The molecule has 0 bridgehead atoms.